The molecule has 0 spiro atoms. The number of halogens is 1. The molecule has 0 aliphatic heterocycles. The number of carbonyl (C=O) groups excluding carboxylic acids is 1. The van der Waals surface area contributed by atoms with Crippen LogP contribution in [0.4, 0.5) is 0 Å². The lowest BCUT2D eigenvalue weighted by Gasteiger charge is -2.14. The molecule has 3 N–H and O–H groups in total. The first-order chi connectivity index (χ1) is 7.56. The molecule has 0 saturated heterocycles. The van der Waals surface area contributed by atoms with Crippen molar-refractivity contribution in [2.75, 3.05) is 6.61 Å². The Morgan fingerprint density at radius 3 is 2.69 bits per heavy atom. The molecule has 4 nitrogen and oxygen atoms in total. The number of amides is 1. The van der Waals surface area contributed by atoms with Crippen molar-refractivity contribution in [3.63, 3.8) is 0 Å². The van der Waals surface area contributed by atoms with Gasteiger partial charge in [0, 0.05) is 5.56 Å². The number of benzene rings is 1. The summed E-state index contributed by atoms with van der Waals surface area (Å²) in [6.45, 7) is -0.0326. The van der Waals surface area contributed by atoms with E-state index in [9.17, 15) is 9.90 Å². The maximum atomic E-state index is 11.8. The molecule has 16 heavy (non-hydrogen) atoms. The van der Waals surface area contributed by atoms with Crippen LogP contribution < -0.4 is 5.32 Å². The van der Waals surface area contributed by atoms with Crippen LogP contribution in [-0.4, -0.2) is 28.3 Å². The summed E-state index contributed by atoms with van der Waals surface area (Å²) in [7, 11) is 0. The Kier molecular flexibility index (Phi) is 3.07. The Morgan fingerprint density at radius 2 is 2.19 bits per heavy atom. The van der Waals surface area contributed by atoms with E-state index in [1.165, 1.54) is 6.07 Å². The van der Waals surface area contributed by atoms with Gasteiger partial charge in [0.25, 0.3) is 5.91 Å². The highest BCUT2D eigenvalue weighted by Gasteiger charge is 2.43. The topological polar surface area (TPSA) is 69.6 Å². The van der Waals surface area contributed by atoms with Crippen molar-refractivity contribution in [1.82, 2.24) is 5.32 Å². The van der Waals surface area contributed by atoms with Crippen LogP contribution in [0, 0.1) is 3.57 Å². The van der Waals surface area contributed by atoms with Gasteiger partial charge in [0.2, 0.25) is 0 Å². The molecule has 1 aliphatic carbocycles. The molecule has 1 amide bonds. The van der Waals surface area contributed by atoms with E-state index in [0.717, 1.165) is 12.8 Å². The number of aliphatic hydroxyl groups is 1. The van der Waals surface area contributed by atoms with Crippen LogP contribution in [0.15, 0.2) is 18.2 Å². The van der Waals surface area contributed by atoms with E-state index in [-0.39, 0.29) is 18.3 Å². The monoisotopic (exact) mass is 333 g/mol. The summed E-state index contributed by atoms with van der Waals surface area (Å²) in [5, 5.41) is 21.3. The molecular formula is C11H12INO3. The molecule has 5 heteroatoms. The fourth-order valence-electron chi connectivity index (χ4n) is 1.44. The fraction of sp³-hybridized carbons (Fsp3) is 0.364. The summed E-state index contributed by atoms with van der Waals surface area (Å²) in [6.07, 6.45) is 1.62. The molecule has 0 atom stereocenters. The fourth-order valence-corrected chi connectivity index (χ4v) is 1.78. The lowest BCUT2D eigenvalue weighted by atomic mass is 10.2. The van der Waals surface area contributed by atoms with Crippen molar-refractivity contribution >= 4 is 28.5 Å². The summed E-state index contributed by atoms with van der Waals surface area (Å²) in [6, 6.07) is 4.78. The minimum absolute atomic E-state index is 0.0326. The van der Waals surface area contributed by atoms with Gasteiger partial charge in [-0.2, -0.15) is 0 Å². The van der Waals surface area contributed by atoms with Crippen LogP contribution in [0.2, 0.25) is 0 Å². The first-order valence-electron chi connectivity index (χ1n) is 4.98. The summed E-state index contributed by atoms with van der Waals surface area (Å²) in [4.78, 5) is 11.8. The zero-order chi connectivity index (χ0) is 11.8. The van der Waals surface area contributed by atoms with E-state index < -0.39 is 5.54 Å². The number of nitrogens with one attached hydrogen (secondary N) is 1. The summed E-state index contributed by atoms with van der Waals surface area (Å²) in [5.74, 6) is -0.152. The van der Waals surface area contributed by atoms with Crippen molar-refractivity contribution in [3.8, 4) is 5.75 Å². The van der Waals surface area contributed by atoms with Gasteiger partial charge in [0.05, 0.1) is 15.7 Å². The summed E-state index contributed by atoms with van der Waals surface area (Å²) < 4.78 is 0.706. The molecule has 1 fully saturated rings. The van der Waals surface area contributed by atoms with Crippen molar-refractivity contribution in [2.24, 2.45) is 0 Å². The number of phenols is 1. The Bertz CT molecular complexity index is 429. The molecule has 0 unspecified atom stereocenters. The van der Waals surface area contributed by atoms with Crippen LogP contribution in [0.25, 0.3) is 0 Å². The Labute approximate surface area is 107 Å². The standard InChI is InChI=1S/C11H12INO3/c12-8-2-1-7(5-9(8)15)10(16)13-11(6-14)3-4-11/h1-2,5,14-15H,3-4,6H2,(H,13,16). The second-order valence-corrected chi connectivity index (χ2v) is 5.22. The minimum atomic E-state index is -0.421. The number of rotatable bonds is 3. The van der Waals surface area contributed by atoms with Crippen LogP contribution >= 0.6 is 22.6 Å². The van der Waals surface area contributed by atoms with Gasteiger partial charge < -0.3 is 15.5 Å². The molecule has 2 rings (SSSR count). The van der Waals surface area contributed by atoms with Gasteiger partial charge in [0.15, 0.2) is 0 Å². The Balaban J connectivity index is 2.12. The lowest BCUT2D eigenvalue weighted by molar-refractivity contribution is 0.0906. The molecule has 1 saturated carbocycles. The number of aromatic hydroxyl groups is 1. The van der Waals surface area contributed by atoms with Crippen LogP contribution in [0.5, 0.6) is 5.75 Å². The summed E-state index contributed by atoms with van der Waals surface area (Å²) in [5.41, 5.74) is -0.00645. The van der Waals surface area contributed by atoms with E-state index in [1.807, 2.05) is 22.6 Å². The second kappa shape index (κ2) is 4.21. The number of carbonyl (C=O) groups is 1. The molecule has 0 radical (unpaired) electrons. The average Bonchev–Trinajstić information content (AvgIpc) is 3.02. The predicted octanol–water partition coefficient (Wildman–Crippen LogP) is 1.25. The van der Waals surface area contributed by atoms with E-state index in [0.29, 0.717) is 9.13 Å². The normalized spacial score (nSPS) is 16.9. The Morgan fingerprint density at radius 1 is 1.50 bits per heavy atom. The Hall–Kier alpha value is -0.820. The number of aliphatic hydroxyl groups excluding tert-OH is 1. The first-order valence-corrected chi connectivity index (χ1v) is 6.06. The molecule has 0 heterocycles. The van der Waals surface area contributed by atoms with E-state index >= 15 is 0 Å². The highest BCUT2D eigenvalue weighted by atomic mass is 127. The molecule has 86 valence electrons. The molecule has 1 aliphatic rings. The van der Waals surface area contributed by atoms with Gasteiger partial charge in [-0.05, 0) is 53.6 Å². The maximum absolute atomic E-state index is 11.8. The van der Waals surface area contributed by atoms with Crippen molar-refractivity contribution in [2.45, 2.75) is 18.4 Å². The molecule has 0 bridgehead atoms. The quantitative estimate of drug-likeness (QED) is 0.730. The third-order valence-corrected chi connectivity index (χ3v) is 3.66. The second-order valence-electron chi connectivity index (χ2n) is 4.06. The van der Waals surface area contributed by atoms with Gasteiger partial charge in [-0.1, -0.05) is 0 Å². The highest BCUT2D eigenvalue weighted by molar-refractivity contribution is 14.1. The zero-order valence-electron chi connectivity index (χ0n) is 8.53. The van der Waals surface area contributed by atoms with Crippen molar-refractivity contribution in [3.05, 3.63) is 27.3 Å². The number of hydrogen-bond donors (Lipinski definition) is 3. The van der Waals surface area contributed by atoms with Crippen molar-refractivity contribution in [1.29, 1.82) is 0 Å². The van der Waals surface area contributed by atoms with E-state index in [1.54, 1.807) is 12.1 Å². The van der Waals surface area contributed by atoms with Crippen LogP contribution in [0.3, 0.4) is 0 Å². The lowest BCUT2D eigenvalue weighted by Crippen LogP contribution is -2.39. The van der Waals surface area contributed by atoms with Crippen LogP contribution in [0.1, 0.15) is 23.2 Å². The number of phenolic OH excluding ortho intramolecular Hbond substituents is 1. The maximum Gasteiger partial charge on any atom is 0.251 e. The highest BCUT2D eigenvalue weighted by Crippen LogP contribution is 2.35. The average molecular weight is 333 g/mol. The molecular weight excluding hydrogens is 321 g/mol. The van der Waals surface area contributed by atoms with E-state index in [2.05, 4.69) is 5.32 Å². The zero-order valence-corrected chi connectivity index (χ0v) is 10.7. The predicted molar refractivity (Wildman–Crippen MR) is 67.3 cm³/mol. The SMILES string of the molecule is O=C(NC1(CO)CC1)c1ccc(I)c(O)c1. The van der Waals surface area contributed by atoms with Gasteiger partial charge in [-0.25, -0.2) is 0 Å². The van der Waals surface area contributed by atoms with Gasteiger partial charge in [-0.3, -0.25) is 4.79 Å². The van der Waals surface area contributed by atoms with Crippen molar-refractivity contribution < 1.29 is 15.0 Å². The molecule has 1 aromatic rings. The third-order valence-electron chi connectivity index (χ3n) is 2.74. The van der Waals surface area contributed by atoms with Gasteiger partial charge in [0.1, 0.15) is 5.75 Å². The molecule has 0 aromatic heterocycles. The first kappa shape index (κ1) is 11.7. The smallest absolute Gasteiger partial charge is 0.251 e. The largest absolute Gasteiger partial charge is 0.507 e. The van der Waals surface area contributed by atoms with Gasteiger partial charge >= 0.3 is 0 Å². The number of hydrogen-bond acceptors (Lipinski definition) is 3. The van der Waals surface area contributed by atoms with E-state index in [4.69, 9.17) is 5.11 Å². The molecule has 1 aromatic carbocycles. The summed E-state index contributed by atoms with van der Waals surface area (Å²) >= 11 is 1.99. The minimum Gasteiger partial charge on any atom is -0.507 e. The third kappa shape index (κ3) is 2.30. The van der Waals surface area contributed by atoms with Gasteiger partial charge in [-0.15, -0.1) is 0 Å². The van der Waals surface area contributed by atoms with Crippen LogP contribution in [-0.2, 0) is 0 Å².